The first-order valence-electron chi connectivity index (χ1n) is 21.7. The summed E-state index contributed by atoms with van der Waals surface area (Å²) in [6.07, 6.45) is 13.7. The molecule has 63 heavy (non-hydrogen) atoms. The number of hydrogen-bond donors (Lipinski definition) is 2. The Balaban J connectivity index is 0.733. The first-order chi connectivity index (χ1) is 30.7. The van der Waals surface area contributed by atoms with Gasteiger partial charge in [0, 0.05) is 94.6 Å². The van der Waals surface area contributed by atoms with E-state index in [1.165, 1.54) is 5.56 Å². The Morgan fingerprint density at radius 2 is 1.57 bits per heavy atom. The van der Waals surface area contributed by atoms with Gasteiger partial charge in [0.2, 0.25) is 17.7 Å². The van der Waals surface area contributed by atoms with E-state index in [0.29, 0.717) is 23.6 Å². The molecule has 2 aromatic carbocycles. The lowest BCUT2D eigenvalue weighted by atomic mass is 9.91. The summed E-state index contributed by atoms with van der Waals surface area (Å²) in [6.45, 7) is 6.34. The minimum Gasteiger partial charge on any atom is -0.354 e. The number of piperazine rings is 1. The van der Waals surface area contributed by atoms with Crippen LogP contribution in [0, 0.1) is 17.8 Å². The molecule has 14 heteroatoms. The van der Waals surface area contributed by atoms with Crippen molar-refractivity contribution in [3.63, 3.8) is 0 Å². The Morgan fingerprint density at radius 1 is 0.810 bits per heavy atom. The Labute approximate surface area is 366 Å². The highest BCUT2D eigenvalue weighted by atomic mass is 16.2. The second kappa shape index (κ2) is 19.8. The fraction of sp³-hybridized carbons (Fsp3) is 0.347. The Kier molecular flexibility index (Phi) is 13.4. The van der Waals surface area contributed by atoms with E-state index >= 15 is 0 Å². The topological polar surface area (TPSA) is 165 Å². The lowest BCUT2D eigenvalue weighted by molar-refractivity contribution is -0.136. The van der Waals surface area contributed by atoms with Crippen LogP contribution < -0.4 is 15.5 Å². The number of carbonyl (C=O) groups excluding carboxylic acids is 6. The monoisotopic (exact) mass is 846 g/mol. The maximum absolute atomic E-state index is 13.3. The van der Waals surface area contributed by atoms with Crippen molar-refractivity contribution in [1.29, 1.82) is 0 Å². The summed E-state index contributed by atoms with van der Waals surface area (Å²) >= 11 is 0. The van der Waals surface area contributed by atoms with Crippen molar-refractivity contribution in [2.45, 2.75) is 57.5 Å². The van der Waals surface area contributed by atoms with Gasteiger partial charge in [0.1, 0.15) is 11.9 Å². The minimum atomic E-state index is -1.01. The van der Waals surface area contributed by atoms with Crippen molar-refractivity contribution < 1.29 is 28.8 Å². The molecule has 322 valence electrons. The van der Waals surface area contributed by atoms with Crippen LogP contribution in [0.15, 0.2) is 91.4 Å². The average molecular weight is 847 g/mol. The van der Waals surface area contributed by atoms with E-state index in [4.69, 9.17) is 4.98 Å². The number of piperidine rings is 2. The van der Waals surface area contributed by atoms with Crippen LogP contribution in [0.2, 0.25) is 0 Å². The van der Waals surface area contributed by atoms with E-state index in [1.54, 1.807) is 48.9 Å². The van der Waals surface area contributed by atoms with Crippen LogP contribution in [0.25, 0.3) is 6.08 Å². The molecule has 2 N–H and O–H groups in total. The van der Waals surface area contributed by atoms with Gasteiger partial charge < -0.3 is 15.1 Å². The predicted molar refractivity (Wildman–Crippen MR) is 236 cm³/mol. The number of amides is 6. The summed E-state index contributed by atoms with van der Waals surface area (Å²) in [5, 5.41) is 5.16. The normalized spacial score (nSPS) is 18.3. The minimum absolute atomic E-state index is 0.0360. The van der Waals surface area contributed by atoms with Crippen molar-refractivity contribution >= 4 is 47.3 Å². The molecule has 4 aromatic rings. The molecule has 14 nitrogen and oxygen atoms in total. The molecule has 3 fully saturated rings. The van der Waals surface area contributed by atoms with Gasteiger partial charge >= 0.3 is 0 Å². The largest absolute Gasteiger partial charge is 0.354 e. The van der Waals surface area contributed by atoms with Gasteiger partial charge in [-0.05, 0) is 97.3 Å². The number of hydrogen-bond acceptors (Lipinski definition) is 10. The SMILES string of the molecule is O=C(/C=C/c1cccnc1)NCCCCC1CCN(C(=O)c2ccc(N3CCN(Cc4ccc(C#Cc5ccc6c(c5)C(=O)N(C5CCC(=O)NC5=O)C6=O)cc4)CC3)nc2)CC1. The fourth-order valence-corrected chi connectivity index (χ4v) is 8.56. The van der Waals surface area contributed by atoms with E-state index in [1.807, 2.05) is 41.3 Å². The summed E-state index contributed by atoms with van der Waals surface area (Å²) in [4.78, 5) is 91.9. The van der Waals surface area contributed by atoms with E-state index in [9.17, 15) is 28.8 Å². The number of aromatic nitrogens is 2. The second-order valence-corrected chi connectivity index (χ2v) is 16.5. The average Bonchev–Trinajstić information content (AvgIpc) is 3.56. The summed E-state index contributed by atoms with van der Waals surface area (Å²) in [5.41, 5.74) is 4.49. The van der Waals surface area contributed by atoms with Gasteiger partial charge in [-0.25, -0.2) is 4.98 Å². The van der Waals surface area contributed by atoms with Gasteiger partial charge in [0.05, 0.1) is 16.7 Å². The highest BCUT2D eigenvalue weighted by Crippen LogP contribution is 2.29. The number of likely N-dealkylation sites (tertiary alicyclic amines) is 1. The number of imide groups is 2. The van der Waals surface area contributed by atoms with Crippen LogP contribution >= 0.6 is 0 Å². The fourth-order valence-electron chi connectivity index (χ4n) is 8.56. The first-order valence-corrected chi connectivity index (χ1v) is 21.7. The number of nitrogens with zero attached hydrogens (tertiary/aromatic N) is 6. The van der Waals surface area contributed by atoms with Crippen LogP contribution in [0.4, 0.5) is 5.82 Å². The number of pyridine rings is 2. The summed E-state index contributed by atoms with van der Waals surface area (Å²) in [6, 6.07) is 19.5. The number of fused-ring (bicyclic) bond motifs is 1. The first kappa shape index (κ1) is 42.7. The van der Waals surface area contributed by atoms with Gasteiger partial charge in [-0.15, -0.1) is 0 Å². The Morgan fingerprint density at radius 3 is 2.30 bits per heavy atom. The van der Waals surface area contributed by atoms with Crippen LogP contribution in [0.5, 0.6) is 0 Å². The molecule has 0 saturated carbocycles. The third-order valence-electron chi connectivity index (χ3n) is 12.2. The van der Waals surface area contributed by atoms with E-state index < -0.39 is 29.7 Å². The number of carbonyl (C=O) groups is 6. The quantitative estimate of drug-likeness (QED) is 0.0901. The van der Waals surface area contributed by atoms with Gasteiger partial charge in [0.25, 0.3) is 17.7 Å². The van der Waals surface area contributed by atoms with Gasteiger partial charge in [-0.1, -0.05) is 42.9 Å². The molecule has 4 aliphatic heterocycles. The number of nitrogens with one attached hydrogen (secondary N) is 2. The number of unbranched alkanes of at least 4 members (excludes halogenated alkanes) is 1. The van der Waals surface area contributed by atoms with E-state index in [2.05, 4.69) is 49.4 Å². The lowest BCUT2D eigenvalue weighted by Gasteiger charge is -2.35. The van der Waals surface area contributed by atoms with Crippen LogP contribution in [-0.4, -0.2) is 112 Å². The van der Waals surface area contributed by atoms with Crippen molar-refractivity contribution in [2.75, 3.05) is 50.7 Å². The standard InChI is InChI=1S/C49H50N8O6/c58-44(18-13-37-5-3-22-50-31-37)51-23-2-1-4-34-20-24-56(25-21-34)47(61)39-14-17-43(52-32-39)55-28-26-54(27-29-55)33-38-10-7-35(8-11-38)6-9-36-12-15-40-41(30-36)49(63)57(48(40)62)42-16-19-45(59)53-46(42)60/h3,5,7-8,10-15,17-18,22,30-32,34,42H,1-2,4,16,19-21,23-29,33H2,(H,51,58)(H,53,59,60)/b18-13+. The Bertz CT molecular complexity index is 2450. The summed E-state index contributed by atoms with van der Waals surface area (Å²) < 4.78 is 0. The van der Waals surface area contributed by atoms with Crippen molar-refractivity contribution in [2.24, 2.45) is 5.92 Å². The molecule has 6 heterocycles. The number of anilines is 1. The zero-order valence-corrected chi connectivity index (χ0v) is 35.1. The second-order valence-electron chi connectivity index (χ2n) is 16.5. The molecule has 8 rings (SSSR count). The highest BCUT2D eigenvalue weighted by Gasteiger charge is 2.44. The lowest BCUT2D eigenvalue weighted by Crippen LogP contribution is -2.54. The van der Waals surface area contributed by atoms with Crippen LogP contribution in [0.3, 0.4) is 0 Å². The van der Waals surface area contributed by atoms with Gasteiger partial charge in [-0.2, -0.15) is 0 Å². The molecule has 3 saturated heterocycles. The van der Waals surface area contributed by atoms with Crippen molar-refractivity contribution in [3.05, 3.63) is 130 Å². The molecule has 0 bridgehead atoms. The molecule has 0 radical (unpaired) electrons. The van der Waals surface area contributed by atoms with Gasteiger partial charge in [0.15, 0.2) is 0 Å². The van der Waals surface area contributed by atoms with E-state index in [-0.39, 0.29) is 35.8 Å². The molecule has 0 aliphatic carbocycles. The maximum atomic E-state index is 13.3. The maximum Gasteiger partial charge on any atom is 0.262 e. The van der Waals surface area contributed by atoms with E-state index in [0.717, 1.165) is 99.8 Å². The number of benzene rings is 2. The van der Waals surface area contributed by atoms with Gasteiger partial charge in [-0.3, -0.25) is 48.9 Å². The number of rotatable bonds is 12. The molecule has 0 spiro atoms. The molecule has 2 aromatic heterocycles. The molecule has 1 unspecified atom stereocenters. The van der Waals surface area contributed by atoms with Crippen LogP contribution in [0.1, 0.15) is 98.3 Å². The van der Waals surface area contributed by atoms with Crippen molar-refractivity contribution in [3.8, 4) is 11.8 Å². The summed E-state index contributed by atoms with van der Waals surface area (Å²) in [5.74, 6) is 5.49. The molecule has 6 amide bonds. The Hall–Kier alpha value is -6.98. The zero-order valence-electron chi connectivity index (χ0n) is 35.1. The smallest absolute Gasteiger partial charge is 0.262 e. The highest BCUT2D eigenvalue weighted by molar-refractivity contribution is 6.23. The molecule has 1 atom stereocenters. The molecular weight excluding hydrogens is 797 g/mol. The molecule has 4 aliphatic rings. The third kappa shape index (κ3) is 10.6. The third-order valence-corrected chi connectivity index (χ3v) is 12.2. The molecular formula is C49H50N8O6. The van der Waals surface area contributed by atoms with Crippen molar-refractivity contribution in [1.82, 2.24) is 35.3 Å². The van der Waals surface area contributed by atoms with Crippen LogP contribution in [-0.2, 0) is 20.9 Å². The predicted octanol–water partition coefficient (Wildman–Crippen LogP) is 4.45. The summed E-state index contributed by atoms with van der Waals surface area (Å²) in [7, 11) is 0. The zero-order chi connectivity index (χ0) is 43.7.